The summed E-state index contributed by atoms with van der Waals surface area (Å²) in [5.41, 5.74) is 6.05. The molecule has 0 radical (unpaired) electrons. The molecule has 2 aliphatic carbocycles. The van der Waals surface area contributed by atoms with E-state index in [4.69, 9.17) is 4.74 Å². The average molecular weight is 477 g/mol. The summed E-state index contributed by atoms with van der Waals surface area (Å²) in [7, 11) is 0. The second kappa shape index (κ2) is 17.1. The van der Waals surface area contributed by atoms with Gasteiger partial charge in [0.05, 0.1) is 0 Å². The van der Waals surface area contributed by atoms with Gasteiger partial charge in [-0.2, -0.15) is 0 Å². The summed E-state index contributed by atoms with van der Waals surface area (Å²) < 4.78 is 5.63. The predicted octanol–water partition coefficient (Wildman–Crippen LogP) is 9.68. The number of hydrogen-bond acceptors (Lipinski definition) is 2. The molecule has 0 saturated carbocycles. The molecule has 2 heteroatoms. The van der Waals surface area contributed by atoms with Gasteiger partial charge in [0, 0.05) is 12.3 Å². The lowest BCUT2D eigenvalue weighted by atomic mass is 9.94. The van der Waals surface area contributed by atoms with E-state index in [-0.39, 0.29) is 5.97 Å². The number of carbonyl (C=O) groups excluding carboxylic acids is 1. The standard InChI is InChI=1S/C33H48O2/c1-5-6-7-8-9-10-11-12-13-14-15-16-17-18-19-20-33(34)35-26-30-23-24-31-28(4)21-22-29(27(2)3)25-32(30)31/h9-10,12-13,21,23-25,29H,2,5-8,11,14-20,22,26H2,1,3-4H3/b10-9+,13-12+/t29-/m0/s1. The number of allylic oxidation sites excluding steroid dienone is 11. The summed E-state index contributed by atoms with van der Waals surface area (Å²) in [6.07, 6.45) is 32.6. The van der Waals surface area contributed by atoms with Crippen LogP contribution in [0.4, 0.5) is 0 Å². The first-order valence-electron chi connectivity index (χ1n) is 13.9. The van der Waals surface area contributed by atoms with Crippen molar-refractivity contribution in [2.24, 2.45) is 5.92 Å². The van der Waals surface area contributed by atoms with Gasteiger partial charge >= 0.3 is 5.97 Å². The van der Waals surface area contributed by atoms with Gasteiger partial charge in [-0.1, -0.05) is 99.8 Å². The molecule has 0 fully saturated rings. The maximum atomic E-state index is 12.3. The third-order valence-corrected chi connectivity index (χ3v) is 6.91. The Morgan fingerprint density at radius 3 is 2.37 bits per heavy atom. The van der Waals surface area contributed by atoms with E-state index in [1.807, 2.05) is 0 Å². The Kier molecular flexibility index (Phi) is 14.1. The largest absolute Gasteiger partial charge is 0.461 e. The van der Waals surface area contributed by atoms with Crippen molar-refractivity contribution in [3.8, 4) is 0 Å². The Morgan fingerprint density at radius 1 is 0.971 bits per heavy atom. The van der Waals surface area contributed by atoms with Crippen molar-refractivity contribution < 1.29 is 9.53 Å². The molecule has 2 nitrogen and oxygen atoms in total. The fourth-order valence-electron chi connectivity index (χ4n) is 4.54. The highest BCUT2D eigenvalue weighted by Crippen LogP contribution is 2.37. The van der Waals surface area contributed by atoms with Crippen LogP contribution in [0.25, 0.3) is 0 Å². The van der Waals surface area contributed by atoms with Crippen molar-refractivity contribution in [1.29, 1.82) is 0 Å². The van der Waals surface area contributed by atoms with Gasteiger partial charge in [0.1, 0.15) is 6.61 Å². The first-order chi connectivity index (χ1) is 17.0. The molecule has 0 saturated heterocycles. The van der Waals surface area contributed by atoms with Gasteiger partial charge in [0.2, 0.25) is 0 Å². The molecule has 0 aromatic carbocycles. The van der Waals surface area contributed by atoms with Crippen LogP contribution in [0, 0.1) is 5.92 Å². The second-order valence-corrected chi connectivity index (χ2v) is 10.1. The number of esters is 1. The lowest BCUT2D eigenvalue weighted by molar-refractivity contribution is -0.142. The minimum Gasteiger partial charge on any atom is -0.461 e. The minimum absolute atomic E-state index is 0.0806. The molecule has 0 aliphatic heterocycles. The van der Waals surface area contributed by atoms with Crippen molar-refractivity contribution in [3.05, 3.63) is 83.1 Å². The van der Waals surface area contributed by atoms with Gasteiger partial charge in [0.15, 0.2) is 0 Å². The maximum absolute atomic E-state index is 12.3. The highest BCUT2D eigenvalue weighted by molar-refractivity contribution is 5.70. The molecule has 0 aromatic heterocycles. The summed E-state index contributed by atoms with van der Waals surface area (Å²) in [5, 5.41) is 0. The molecular weight excluding hydrogens is 428 g/mol. The van der Waals surface area contributed by atoms with Gasteiger partial charge in [0.25, 0.3) is 0 Å². The van der Waals surface area contributed by atoms with Gasteiger partial charge in [-0.3, -0.25) is 4.79 Å². The number of fused-ring (bicyclic) bond motifs is 1. The molecule has 0 heterocycles. The second-order valence-electron chi connectivity index (χ2n) is 10.1. The maximum Gasteiger partial charge on any atom is 0.306 e. The van der Waals surface area contributed by atoms with Crippen LogP contribution in [0.5, 0.6) is 0 Å². The average Bonchev–Trinajstić information content (AvgIpc) is 3.16. The molecule has 0 N–H and O–H groups in total. The van der Waals surface area contributed by atoms with E-state index in [2.05, 4.69) is 76.0 Å². The number of rotatable bonds is 17. The molecule has 2 aliphatic rings. The number of hydrogen-bond donors (Lipinski definition) is 0. The van der Waals surface area contributed by atoms with Crippen LogP contribution in [-0.2, 0) is 9.53 Å². The number of ether oxygens (including phenoxy) is 1. The van der Waals surface area contributed by atoms with Crippen LogP contribution < -0.4 is 0 Å². The van der Waals surface area contributed by atoms with Gasteiger partial charge in [-0.05, 0) is 81.1 Å². The summed E-state index contributed by atoms with van der Waals surface area (Å²) in [6, 6.07) is 0. The zero-order valence-corrected chi connectivity index (χ0v) is 22.6. The van der Waals surface area contributed by atoms with Crippen LogP contribution in [0.15, 0.2) is 83.1 Å². The summed E-state index contributed by atoms with van der Waals surface area (Å²) in [6.45, 7) is 11.0. The normalized spacial score (nSPS) is 17.6. The van der Waals surface area contributed by atoms with E-state index in [1.54, 1.807) is 0 Å². The Balaban J connectivity index is 1.53. The Morgan fingerprint density at radius 2 is 1.66 bits per heavy atom. The molecule has 0 unspecified atom stereocenters. The van der Waals surface area contributed by atoms with Crippen LogP contribution >= 0.6 is 0 Å². The quantitative estimate of drug-likeness (QED) is 0.119. The fraction of sp³-hybridized carbons (Fsp3) is 0.545. The van der Waals surface area contributed by atoms with Crippen molar-refractivity contribution in [1.82, 2.24) is 0 Å². The summed E-state index contributed by atoms with van der Waals surface area (Å²) >= 11 is 0. The van der Waals surface area contributed by atoms with E-state index >= 15 is 0 Å². The molecule has 2 rings (SSSR count). The van der Waals surface area contributed by atoms with Crippen LogP contribution in [0.2, 0.25) is 0 Å². The van der Waals surface area contributed by atoms with Crippen molar-refractivity contribution >= 4 is 5.97 Å². The van der Waals surface area contributed by atoms with Gasteiger partial charge < -0.3 is 4.74 Å². The van der Waals surface area contributed by atoms with E-state index in [9.17, 15) is 4.79 Å². The van der Waals surface area contributed by atoms with Gasteiger partial charge in [-0.25, -0.2) is 0 Å². The van der Waals surface area contributed by atoms with Crippen LogP contribution in [-0.4, -0.2) is 12.6 Å². The van der Waals surface area contributed by atoms with E-state index in [0.29, 0.717) is 18.9 Å². The smallest absolute Gasteiger partial charge is 0.306 e. The summed E-state index contributed by atoms with van der Waals surface area (Å²) in [4.78, 5) is 12.3. The highest BCUT2D eigenvalue weighted by atomic mass is 16.5. The first kappa shape index (κ1) is 28.9. The molecule has 0 aromatic rings. The lowest BCUT2D eigenvalue weighted by Crippen LogP contribution is -2.09. The highest BCUT2D eigenvalue weighted by Gasteiger charge is 2.22. The van der Waals surface area contributed by atoms with E-state index in [0.717, 1.165) is 37.7 Å². The van der Waals surface area contributed by atoms with Crippen LogP contribution in [0.3, 0.4) is 0 Å². The first-order valence-corrected chi connectivity index (χ1v) is 13.9. The third kappa shape index (κ3) is 11.3. The topological polar surface area (TPSA) is 26.3 Å². The van der Waals surface area contributed by atoms with E-state index < -0.39 is 0 Å². The lowest BCUT2D eigenvalue weighted by Gasteiger charge is -2.13. The molecule has 0 amide bonds. The predicted molar refractivity (Wildman–Crippen MR) is 151 cm³/mol. The number of unbranched alkanes of at least 4 members (excludes halogenated alkanes) is 8. The zero-order chi connectivity index (χ0) is 25.3. The molecule has 0 bridgehead atoms. The molecule has 35 heavy (non-hydrogen) atoms. The number of carbonyl (C=O) groups is 1. The molecule has 1 atom stereocenters. The van der Waals surface area contributed by atoms with E-state index in [1.165, 1.54) is 67.2 Å². The third-order valence-electron chi connectivity index (χ3n) is 6.91. The van der Waals surface area contributed by atoms with Crippen LogP contribution in [0.1, 0.15) is 104 Å². The summed E-state index contributed by atoms with van der Waals surface area (Å²) in [5.74, 6) is 0.263. The monoisotopic (exact) mass is 476 g/mol. The Hall–Kier alpha value is -2.35. The Labute approximate surface area is 215 Å². The van der Waals surface area contributed by atoms with Crippen molar-refractivity contribution in [2.45, 2.75) is 104 Å². The van der Waals surface area contributed by atoms with Crippen molar-refractivity contribution in [3.63, 3.8) is 0 Å². The minimum atomic E-state index is -0.0806. The zero-order valence-electron chi connectivity index (χ0n) is 22.6. The molecular formula is C33H48O2. The SMILES string of the molecule is C=C(C)[C@@H]1C=C2C(COC(=O)CCCCCCC/C=C/C/C=C/CCCCC)=CC=C2C(C)=CC1. The molecule has 0 spiro atoms. The van der Waals surface area contributed by atoms with Crippen molar-refractivity contribution in [2.75, 3.05) is 6.61 Å². The molecule has 192 valence electrons. The van der Waals surface area contributed by atoms with Gasteiger partial charge in [-0.15, -0.1) is 0 Å². The fourth-order valence-corrected chi connectivity index (χ4v) is 4.54. The Bertz CT molecular complexity index is 860.